The summed E-state index contributed by atoms with van der Waals surface area (Å²) in [4.78, 5) is 6.95. The van der Waals surface area contributed by atoms with Crippen LogP contribution < -0.4 is 10.2 Å². The highest BCUT2D eigenvalue weighted by Crippen LogP contribution is 2.32. The largest absolute Gasteiger partial charge is 0.378 e. The van der Waals surface area contributed by atoms with Crippen LogP contribution in [0.5, 0.6) is 0 Å². The molecular formula is C23H28F2N10O. The molecule has 2 saturated heterocycles. The van der Waals surface area contributed by atoms with Gasteiger partial charge in [0.25, 0.3) is 6.43 Å². The van der Waals surface area contributed by atoms with Crippen molar-refractivity contribution in [3.63, 3.8) is 0 Å². The van der Waals surface area contributed by atoms with Gasteiger partial charge in [-0.05, 0) is 39.3 Å². The predicted octanol–water partition coefficient (Wildman–Crippen LogP) is 2.65. The van der Waals surface area contributed by atoms with E-state index < -0.39 is 6.43 Å². The highest BCUT2D eigenvalue weighted by Gasteiger charge is 2.31. The summed E-state index contributed by atoms with van der Waals surface area (Å²) in [6.45, 7) is 7.85. The van der Waals surface area contributed by atoms with E-state index in [-0.39, 0.29) is 23.0 Å². The van der Waals surface area contributed by atoms with Crippen molar-refractivity contribution in [2.75, 3.05) is 37.7 Å². The zero-order valence-electron chi connectivity index (χ0n) is 20.2. The minimum absolute atomic E-state index is 0.0258. The molecule has 0 spiro atoms. The molecule has 1 N–H and O–H groups in total. The van der Waals surface area contributed by atoms with Crippen LogP contribution in [0.25, 0.3) is 22.6 Å². The Bertz CT molecular complexity index is 1370. The number of nitrogens with one attached hydrogen (secondary N) is 1. The Morgan fingerprint density at radius 1 is 1.19 bits per heavy atom. The number of rotatable bonds is 5. The van der Waals surface area contributed by atoms with Crippen LogP contribution in [-0.4, -0.2) is 77.8 Å². The Balaban J connectivity index is 1.33. The average Bonchev–Trinajstić information content (AvgIpc) is 3.61. The van der Waals surface area contributed by atoms with Crippen LogP contribution >= 0.6 is 0 Å². The van der Waals surface area contributed by atoms with Crippen molar-refractivity contribution in [3.05, 3.63) is 36.5 Å². The van der Waals surface area contributed by atoms with E-state index in [1.807, 2.05) is 12.3 Å². The standard InChI is InChI=1S/C23H28F2N10O/c1-23(2)11-15(3-5-26-23)34-14-18(20(30-34)21(24)25)35-13-17(29-31-35)16-12-27-33-6-4-19(28-22(16)33)32-7-9-36-10-8-32/h4,6,12-15,21,26H,3,5,7-11H2,1-2H3/t15-/m0/s1. The molecule has 190 valence electrons. The fourth-order valence-corrected chi connectivity index (χ4v) is 4.99. The monoisotopic (exact) mass is 498 g/mol. The number of aromatic nitrogens is 8. The number of hydrogen-bond donors (Lipinski definition) is 1. The fourth-order valence-electron chi connectivity index (χ4n) is 4.99. The maximum Gasteiger partial charge on any atom is 0.284 e. The quantitative estimate of drug-likeness (QED) is 0.448. The summed E-state index contributed by atoms with van der Waals surface area (Å²) in [5.74, 6) is 0.825. The van der Waals surface area contributed by atoms with Crippen LogP contribution in [0.3, 0.4) is 0 Å². The van der Waals surface area contributed by atoms with Gasteiger partial charge in [0.1, 0.15) is 17.2 Å². The molecule has 0 aromatic carbocycles. The molecule has 36 heavy (non-hydrogen) atoms. The lowest BCUT2D eigenvalue weighted by molar-refractivity contribution is 0.122. The Labute approximate surface area is 206 Å². The van der Waals surface area contributed by atoms with Gasteiger partial charge in [-0.1, -0.05) is 5.21 Å². The zero-order chi connectivity index (χ0) is 24.9. The van der Waals surface area contributed by atoms with E-state index >= 15 is 0 Å². The number of piperidine rings is 1. The maximum absolute atomic E-state index is 14.0. The number of alkyl halides is 2. The first-order valence-electron chi connectivity index (χ1n) is 12.1. The second-order valence-electron chi connectivity index (χ2n) is 9.90. The highest BCUT2D eigenvalue weighted by atomic mass is 19.3. The number of morpholine rings is 1. The van der Waals surface area contributed by atoms with Gasteiger partial charge in [0.05, 0.1) is 43.4 Å². The van der Waals surface area contributed by atoms with Crippen molar-refractivity contribution in [1.29, 1.82) is 0 Å². The summed E-state index contributed by atoms with van der Waals surface area (Å²) in [5, 5.41) is 20.5. The third kappa shape index (κ3) is 4.22. The Kier molecular flexibility index (Phi) is 5.67. The topological polar surface area (TPSA) is 103 Å². The number of ether oxygens (including phenoxy) is 1. The summed E-state index contributed by atoms with van der Waals surface area (Å²) in [6, 6.07) is 1.94. The maximum atomic E-state index is 14.0. The molecule has 6 rings (SSSR count). The summed E-state index contributed by atoms with van der Waals surface area (Å²) in [5.41, 5.74) is 1.61. The average molecular weight is 499 g/mol. The lowest BCUT2D eigenvalue weighted by Gasteiger charge is -2.36. The number of halogens is 2. The molecular weight excluding hydrogens is 470 g/mol. The van der Waals surface area contributed by atoms with Crippen molar-refractivity contribution in [2.24, 2.45) is 0 Å². The van der Waals surface area contributed by atoms with Gasteiger partial charge in [0.15, 0.2) is 11.3 Å². The number of hydrogen-bond acceptors (Lipinski definition) is 8. The van der Waals surface area contributed by atoms with Gasteiger partial charge in [-0.15, -0.1) is 5.10 Å². The first kappa shape index (κ1) is 23.0. The van der Waals surface area contributed by atoms with Crippen molar-refractivity contribution < 1.29 is 13.5 Å². The van der Waals surface area contributed by atoms with E-state index in [2.05, 4.69) is 44.6 Å². The summed E-state index contributed by atoms with van der Waals surface area (Å²) >= 11 is 0. The summed E-state index contributed by atoms with van der Waals surface area (Å²) in [6.07, 6.45) is 5.65. The molecule has 2 aliphatic heterocycles. The third-order valence-electron chi connectivity index (χ3n) is 6.85. The first-order chi connectivity index (χ1) is 17.4. The molecule has 6 heterocycles. The molecule has 11 nitrogen and oxygen atoms in total. The molecule has 0 radical (unpaired) electrons. The van der Waals surface area contributed by atoms with Gasteiger partial charge in [0, 0.05) is 24.8 Å². The van der Waals surface area contributed by atoms with Gasteiger partial charge in [0.2, 0.25) is 0 Å². The molecule has 2 fully saturated rings. The SMILES string of the molecule is CC1(C)C[C@@H](n2cc(-n3cc(-c4cnn5ccc(N6CCOCC6)nc45)nn3)c(C(F)F)n2)CCN1. The highest BCUT2D eigenvalue weighted by molar-refractivity contribution is 5.75. The molecule has 4 aromatic rings. The summed E-state index contributed by atoms with van der Waals surface area (Å²) < 4.78 is 38.1. The second-order valence-corrected chi connectivity index (χ2v) is 9.90. The van der Waals surface area contributed by atoms with Crippen LogP contribution in [-0.2, 0) is 4.74 Å². The van der Waals surface area contributed by atoms with Gasteiger partial charge in [-0.25, -0.2) is 23.0 Å². The third-order valence-corrected chi connectivity index (χ3v) is 6.85. The van der Waals surface area contributed by atoms with Crippen LogP contribution in [0, 0.1) is 0 Å². The van der Waals surface area contributed by atoms with Crippen LogP contribution in [0.15, 0.2) is 30.9 Å². The molecule has 13 heteroatoms. The molecule has 0 unspecified atom stereocenters. The minimum atomic E-state index is -2.74. The van der Waals surface area contributed by atoms with Crippen LogP contribution in [0.1, 0.15) is 44.9 Å². The van der Waals surface area contributed by atoms with E-state index in [9.17, 15) is 8.78 Å². The molecule has 4 aromatic heterocycles. The minimum Gasteiger partial charge on any atom is -0.378 e. The predicted molar refractivity (Wildman–Crippen MR) is 127 cm³/mol. The van der Waals surface area contributed by atoms with E-state index in [4.69, 9.17) is 9.72 Å². The van der Waals surface area contributed by atoms with E-state index in [1.54, 1.807) is 27.8 Å². The summed E-state index contributed by atoms with van der Waals surface area (Å²) in [7, 11) is 0. The molecule has 0 bridgehead atoms. The number of nitrogens with zero attached hydrogens (tertiary/aromatic N) is 9. The Morgan fingerprint density at radius 2 is 2.03 bits per heavy atom. The molecule has 0 saturated carbocycles. The van der Waals surface area contributed by atoms with Gasteiger partial charge in [-0.2, -0.15) is 10.2 Å². The lowest BCUT2D eigenvalue weighted by Crippen LogP contribution is -2.46. The van der Waals surface area contributed by atoms with E-state index in [0.717, 1.165) is 38.3 Å². The Morgan fingerprint density at radius 3 is 2.81 bits per heavy atom. The smallest absolute Gasteiger partial charge is 0.284 e. The number of anilines is 1. The van der Waals surface area contributed by atoms with E-state index in [1.165, 1.54) is 4.68 Å². The lowest BCUT2D eigenvalue weighted by atomic mass is 9.89. The van der Waals surface area contributed by atoms with Crippen molar-refractivity contribution in [2.45, 2.75) is 44.7 Å². The van der Waals surface area contributed by atoms with Crippen LogP contribution in [0.2, 0.25) is 0 Å². The number of fused-ring (bicyclic) bond motifs is 1. The fraction of sp³-hybridized carbons (Fsp3) is 0.522. The van der Waals surface area contributed by atoms with Crippen molar-refractivity contribution in [1.82, 2.24) is 44.7 Å². The Hall–Kier alpha value is -3.45. The molecule has 1 atom stereocenters. The molecule has 2 aliphatic rings. The first-order valence-corrected chi connectivity index (χ1v) is 12.1. The normalized spacial score (nSPS) is 20.5. The molecule has 0 aliphatic carbocycles. The van der Waals surface area contributed by atoms with E-state index in [0.29, 0.717) is 30.1 Å². The zero-order valence-corrected chi connectivity index (χ0v) is 20.2. The van der Waals surface area contributed by atoms with Crippen molar-refractivity contribution in [3.8, 4) is 16.9 Å². The molecule has 0 amide bonds. The second kappa shape index (κ2) is 8.89. The van der Waals surface area contributed by atoms with Gasteiger partial charge in [-0.3, -0.25) is 4.68 Å². The van der Waals surface area contributed by atoms with Crippen LogP contribution in [0.4, 0.5) is 14.6 Å². The van der Waals surface area contributed by atoms with Gasteiger partial charge >= 0.3 is 0 Å². The van der Waals surface area contributed by atoms with Crippen molar-refractivity contribution >= 4 is 11.5 Å². The van der Waals surface area contributed by atoms with Gasteiger partial charge < -0.3 is 15.0 Å².